The fraction of sp³-hybridized carbons (Fsp3) is 0.650. The van der Waals surface area contributed by atoms with Crippen molar-refractivity contribution in [3.63, 3.8) is 0 Å². The minimum atomic E-state index is -4.50. The van der Waals surface area contributed by atoms with Gasteiger partial charge in [0.2, 0.25) is 5.91 Å². The van der Waals surface area contributed by atoms with Gasteiger partial charge in [-0.1, -0.05) is 13.0 Å². The average Bonchev–Trinajstić information content (AvgIpc) is 3.21. The number of anilines is 1. The van der Waals surface area contributed by atoms with E-state index >= 15 is 0 Å². The first kappa shape index (κ1) is 18.4. The van der Waals surface area contributed by atoms with Crippen LogP contribution in [-0.2, 0) is 20.4 Å². The number of aliphatic hydroxyl groups is 1. The highest BCUT2D eigenvalue weighted by Gasteiger charge is 2.78. The maximum absolute atomic E-state index is 13.4. The van der Waals surface area contributed by atoms with Gasteiger partial charge in [0.25, 0.3) is 0 Å². The number of aryl methyl sites for hydroxylation is 1. The lowest BCUT2D eigenvalue weighted by atomic mass is 9.63. The molecule has 4 saturated heterocycles. The second-order valence-electron chi connectivity index (χ2n) is 8.42. The van der Waals surface area contributed by atoms with Gasteiger partial charge in [-0.05, 0) is 31.0 Å². The van der Waals surface area contributed by atoms with E-state index in [2.05, 4.69) is 0 Å². The largest absolute Gasteiger partial charge is 0.416 e. The van der Waals surface area contributed by atoms with Gasteiger partial charge in [0.1, 0.15) is 11.8 Å². The molecule has 1 aromatic rings. The van der Waals surface area contributed by atoms with Gasteiger partial charge in [-0.25, -0.2) is 0 Å². The van der Waals surface area contributed by atoms with E-state index in [1.54, 1.807) is 0 Å². The highest BCUT2D eigenvalue weighted by atomic mass is 19.4. The molecule has 5 rings (SSSR count). The Morgan fingerprint density at radius 2 is 2.11 bits per heavy atom. The molecule has 0 radical (unpaired) electrons. The SMILES string of the molecule is CC[C@]12C[C@@H](O)[C@@]3(CCO[C@@H]4[C@H]3[C@H]1C(=O)N4c1ccc(C)c(C(F)(F)F)c1)O2. The molecule has 0 aliphatic carbocycles. The second kappa shape index (κ2) is 5.49. The van der Waals surface area contributed by atoms with Crippen molar-refractivity contribution < 1.29 is 32.5 Å². The van der Waals surface area contributed by atoms with Gasteiger partial charge in [0.15, 0.2) is 0 Å². The number of hydrogen-bond donors (Lipinski definition) is 1. The van der Waals surface area contributed by atoms with Crippen LogP contribution in [0, 0.1) is 18.8 Å². The number of amides is 1. The van der Waals surface area contributed by atoms with E-state index in [0.717, 1.165) is 6.07 Å². The van der Waals surface area contributed by atoms with Crippen LogP contribution in [0.5, 0.6) is 0 Å². The van der Waals surface area contributed by atoms with Gasteiger partial charge in [0.05, 0.1) is 35.7 Å². The summed E-state index contributed by atoms with van der Waals surface area (Å²) in [6.07, 6.45) is -4.51. The Morgan fingerprint density at radius 3 is 2.79 bits per heavy atom. The molecule has 0 aromatic heterocycles. The molecule has 1 N–H and O–H groups in total. The predicted octanol–water partition coefficient (Wildman–Crippen LogP) is 3.02. The number of nitrogens with zero attached hydrogens (tertiary/aromatic N) is 1. The third kappa shape index (κ3) is 2.06. The minimum Gasteiger partial charge on any atom is -0.390 e. The van der Waals surface area contributed by atoms with Gasteiger partial charge in [-0.2, -0.15) is 13.2 Å². The molecule has 1 aromatic carbocycles. The molecule has 0 unspecified atom stereocenters. The van der Waals surface area contributed by atoms with E-state index in [9.17, 15) is 23.1 Å². The first-order valence-corrected chi connectivity index (χ1v) is 9.65. The van der Waals surface area contributed by atoms with E-state index < -0.39 is 41.2 Å². The minimum absolute atomic E-state index is 0.105. The molecule has 4 fully saturated rings. The van der Waals surface area contributed by atoms with Crippen LogP contribution in [0.3, 0.4) is 0 Å². The molecule has 5 nitrogen and oxygen atoms in total. The lowest BCUT2D eigenvalue weighted by molar-refractivity contribution is -0.165. The summed E-state index contributed by atoms with van der Waals surface area (Å²) in [5.41, 5.74) is -2.11. The smallest absolute Gasteiger partial charge is 0.390 e. The van der Waals surface area contributed by atoms with E-state index in [1.807, 2.05) is 6.92 Å². The highest BCUT2D eigenvalue weighted by molar-refractivity contribution is 6.00. The quantitative estimate of drug-likeness (QED) is 0.834. The number of aliphatic hydroxyl groups excluding tert-OH is 1. The summed E-state index contributed by atoms with van der Waals surface area (Å²) in [6.45, 7) is 3.60. The van der Waals surface area contributed by atoms with Crippen LogP contribution >= 0.6 is 0 Å². The number of fused-ring (bicyclic) bond motifs is 2. The zero-order valence-electron chi connectivity index (χ0n) is 15.6. The van der Waals surface area contributed by atoms with Crippen LogP contribution in [0.2, 0.25) is 0 Å². The van der Waals surface area contributed by atoms with Crippen molar-refractivity contribution in [2.75, 3.05) is 11.5 Å². The first-order chi connectivity index (χ1) is 13.1. The molecule has 1 spiro atoms. The molecule has 28 heavy (non-hydrogen) atoms. The van der Waals surface area contributed by atoms with Crippen LogP contribution in [0.1, 0.15) is 37.3 Å². The van der Waals surface area contributed by atoms with Gasteiger partial charge in [0, 0.05) is 18.5 Å². The van der Waals surface area contributed by atoms with E-state index in [4.69, 9.17) is 9.47 Å². The fourth-order valence-electron chi connectivity index (χ4n) is 5.98. The molecule has 6 atom stereocenters. The Labute approximate surface area is 160 Å². The summed E-state index contributed by atoms with van der Waals surface area (Å²) in [6, 6.07) is 3.94. The van der Waals surface area contributed by atoms with E-state index in [0.29, 0.717) is 19.3 Å². The maximum Gasteiger partial charge on any atom is 0.416 e. The molecular weight excluding hydrogens is 375 g/mol. The molecule has 1 amide bonds. The molecule has 4 aliphatic rings. The van der Waals surface area contributed by atoms with Crippen molar-refractivity contribution in [3.8, 4) is 0 Å². The predicted molar refractivity (Wildman–Crippen MR) is 92.5 cm³/mol. The third-order valence-corrected chi connectivity index (χ3v) is 7.24. The number of carbonyl (C=O) groups is 1. The van der Waals surface area contributed by atoms with Crippen LogP contribution in [0.4, 0.5) is 18.9 Å². The zero-order chi connectivity index (χ0) is 20.1. The Bertz CT molecular complexity index is 858. The Morgan fingerprint density at radius 1 is 1.36 bits per heavy atom. The number of halogens is 3. The summed E-state index contributed by atoms with van der Waals surface area (Å²) >= 11 is 0. The van der Waals surface area contributed by atoms with Gasteiger partial charge in [-0.15, -0.1) is 0 Å². The molecule has 2 bridgehead atoms. The number of alkyl halides is 3. The van der Waals surface area contributed by atoms with Crippen molar-refractivity contribution in [2.24, 2.45) is 11.8 Å². The number of rotatable bonds is 2. The van der Waals surface area contributed by atoms with Crippen molar-refractivity contribution in [1.82, 2.24) is 0 Å². The average molecular weight is 397 g/mol. The molecule has 152 valence electrons. The Balaban J connectivity index is 1.62. The Kier molecular flexibility index (Phi) is 3.61. The summed E-state index contributed by atoms with van der Waals surface area (Å²) in [5.74, 6) is -1.17. The van der Waals surface area contributed by atoms with Crippen LogP contribution in [-0.4, -0.2) is 41.2 Å². The monoisotopic (exact) mass is 397 g/mol. The van der Waals surface area contributed by atoms with Gasteiger partial charge in [-0.3, -0.25) is 9.69 Å². The molecule has 0 saturated carbocycles. The summed E-state index contributed by atoms with van der Waals surface area (Å²) in [5, 5.41) is 10.7. The maximum atomic E-state index is 13.4. The first-order valence-electron chi connectivity index (χ1n) is 9.65. The van der Waals surface area contributed by atoms with Crippen molar-refractivity contribution >= 4 is 11.6 Å². The number of hydrogen-bond acceptors (Lipinski definition) is 4. The van der Waals surface area contributed by atoms with Crippen molar-refractivity contribution in [2.45, 2.75) is 62.8 Å². The topological polar surface area (TPSA) is 59.0 Å². The van der Waals surface area contributed by atoms with E-state index in [1.165, 1.54) is 24.0 Å². The molecule has 4 aliphatic heterocycles. The number of ether oxygens (including phenoxy) is 2. The zero-order valence-corrected chi connectivity index (χ0v) is 15.6. The molecular formula is C20H22F3NO4. The lowest BCUT2D eigenvalue weighted by Gasteiger charge is -2.43. The number of carbonyl (C=O) groups excluding carboxylic acids is 1. The normalized spacial score (nSPS) is 41.6. The summed E-state index contributed by atoms with van der Waals surface area (Å²) in [4.78, 5) is 14.8. The Hall–Kier alpha value is -1.64. The number of benzene rings is 1. The lowest BCUT2D eigenvalue weighted by Crippen LogP contribution is -2.57. The third-order valence-electron chi connectivity index (χ3n) is 7.24. The second-order valence-corrected chi connectivity index (χ2v) is 8.42. The summed E-state index contributed by atoms with van der Waals surface area (Å²) < 4.78 is 52.5. The molecule has 4 heterocycles. The van der Waals surface area contributed by atoms with Crippen LogP contribution < -0.4 is 4.90 Å². The van der Waals surface area contributed by atoms with Gasteiger partial charge < -0.3 is 14.6 Å². The highest BCUT2D eigenvalue weighted by Crippen LogP contribution is 2.66. The van der Waals surface area contributed by atoms with E-state index in [-0.39, 0.29) is 29.7 Å². The summed E-state index contributed by atoms with van der Waals surface area (Å²) in [7, 11) is 0. The van der Waals surface area contributed by atoms with Crippen LogP contribution in [0.15, 0.2) is 18.2 Å². The standard InChI is InChI=1S/C20H22F3NO4/c1-3-18-9-13(25)19(28-18)6-7-27-17-15(19)14(18)16(26)24(17)11-5-4-10(2)12(8-11)20(21,22)23/h4-5,8,13-15,17,25H,3,6-7,9H2,1-2H3/t13-,14+,15-,17-,18+,19-/m1/s1. The van der Waals surface area contributed by atoms with Gasteiger partial charge >= 0.3 is 6.18 Å². The van der Waals surface area contributed by atoms with Crippen molar-refractivity contribution in [1.29, 1.82) is 0 Å². The van der Waals surface area contributed by atoms with Crippen LogP contribution in [0.25, 0.3) is 0 Å². The fourth-order valence-corrected chi connectivity index (χ4v) is 5.98. The van der Waals surface area contributed by atoms with Crippen molar-refractivity contribution in [3.05, 3.63) is 29.3 Å². The molecule has 8 heteroatoms.